The van der Waals surface area contributed by atoms with E-state index in [0.717, 1.165) is 43.6 Å². The van der Waals surface area contributed by atoms with Gasteiger partial charge in [0.25, 0.3) is 0 Å². The number of rotatable bonds is 5. The van der Waals surface area contributed by atoms with Gasteiger partial charge in [-0.3, -0.25) is 4.90 Å². The summed E-state index contributed by atoms with van der Waals surface area (Å²) < 4.78 is 5.59. The molecule has 126 valence electrons. The van der Waals surface area contributed by atoms with Crippen molar-refractivity contribution in [2.24, 2.45) is 0 Å². The van der Waals surface area contributed by atoms with Crippen LogP contribution in [0, 0.1) is 0 Å². The van der Waals surface area contributed by atoms with Crippen molar-refractivity contribution in [3.05, 3.63) is 42.0 Å². The van der Waals surface area contributed by atoms with Gasteiger partial charge in [0, 0.05) is 13.1 Å². The standard InChI is InChI=1S/C19H28N2O2/c1-5-6-12-20-14-16-10-7-9-15-11-8-13-21(17(15)16)18(22)23-19(2,3)4/h5,7,9-10,20H,1,6,8,11-14H2,2-4H3. The smallest absolute Gasteiger partial charge is 0.414 e. The molecule has 1 aromatic carbocycles. The number of nitrogens with one attached hydrogen (secondary N) is 1. The SMILES string of the molecule is C=CCCNCc1cccc2c1N(C(=O)OC(C)(C)C)CCC2. The third-order valence-corrected chi connectivity index (χ3v) is 3.76. The summed E-state index contributed by atoms with van der Waals surface area (Å²) in [6, 6.07) is 6.27. The lowest BCUT2D eigenvalue weighted by Gasteiger charge is -2.33. The first-order chi connectivity index (χ1) is 10.9. The number of carbonyl (C=O) groups excluding carboxylic acids is 1. The van der Waals surface area contributed by atoms with E-state index in [-0.39, 0.29) is 6.09 Å². The van der Waals surface area contributed by atoms with E-state index in [2.05, 4.69) is 30.1 Å². The maximum absolute atomic E-state index is 12.6. The second-order valence-corrected chi connectivity index (χ2v) is 6.91. The number of hydrogen-bond acceptors (Lipinski definition) is 3. The monoisotopic (exact) mass is 316 g/mol. The Kier molecular flexibility index (Phi) is 5.83. The third-order valence-electron chi connectivity index (χ3n) is 3.76. The first-order valence-corrected chi connectivity index (χ1v) is 8.35. The molecule has 1 amide bonds. The van der Waals surface area contributed by atoms with Crippen molar-refractivity contribution >= 4 is 11.8 Å². The zero-order valence-electron chi connectivity index (χ0n) is 14.5. The average molecular weight is 316 g/mol. The van der Waals surface area contributed by atoms with Crippen LogP contribution in [0.5, 0.6) is 0 Å². The molecule has 0 saturated heterocycles. The maximum atomic E-state index is 12.6. The molecule has 0 saturated carbocycles. The predicted octanol–water partition coefficient (Wildman–Crippen LogP) is 4.04. The summed E-state index contributed by atoms with van der Waals surface area (Å²) in [5.74, 6) is 0. The van der Waals surface area contributed by atoms with Gasteiger partial charge in [-0.05, 0) is 57.7 Å². The van der Waals surface area contributed by atoms with Gasteiger partial charge in [-0.15, -0.1) is 6.58 Å². The number of anilines is 1. The molecular formula is C19H28N2O2. The fraction of sp³-hybridized carbons (Fsp3) is 0.526. The van der Waals surface area contributed by atoms with Crippen LogP contribution in [0.1, 0.15) is 44.7 Å². The molecule has 1 aliphatic heterocycles. The Hall–Kier alpha value is -1.81. The summed E-state index contributed by atoms with van der Waals surface area (Å²) in [7, 11) is 0. The summed E-state index contributed by atoms with van der Waals surface area (Å²) >= 11 is 0. The maximum Gasteiger partial charge on any atom is 0.414 e. The van der Waals surface area contributed by atoms with Gasteiger partial charge in [-0.25, -0.2) is 4.79 Å². The number of aryl methyl sites for hydroxylation is 1. The Bertz CT molecular complexity index is 561. The summed E-state index contributed by atoms with van der Waals surface area (Å²) in [5, 5.41) is 3.41. The molecular weight excluding hydrogens is 288 g/mol. The molecule has 4 nitrogen and oxygen atoms in total. The van der Waals surface area contributed by atoms with Gasteiger partial charge >= 0.3 is 6.09 Å². The fourth-order valence-electron chi connectivity index (χ4n) is 2.80. The van der Waals surface area contributed by atoms with Crippen molar-refractivity contribution in [1.29, 1.82) is 0 Å². The van der Waals surface area contributed by atoms with Crippen LogP contribution >= 0.6 is 0 Å². The van der Waals surface area contributed by atoms with Gasteiger partial charge < -0.3 is 10.1 Å². The molecule has 0 fully saturated rings. The van der Waals surface area contributed by atoms with Gasteiger partial charge in [0.2, 0.25) is 0 Å². The highest BCUT2D eigenvalue weighted by molar-refractivity contribution is 5.90. The van der Waals surface area contributed by atoms with E-state index in [9.17, 15) is 4.79 Å². The molecule has 0 aliphatic carbocycles. The molecule has 4 heteroatoms. The van der Waals surface area contributed by atoms with Crippen LogP contribution in [0.15, 0.2) is 30.9 Å². The Morgan fingerprint density at radius 2 is 2.22 bits per heavy atom. The quantitative estimate of drug-likeness (QED) is 0.658. The molecule has 1 aromatic rings. The molecule has 1 aliphatic rings. The van der Waals surface area contributed by atoms with Crippen LogP contribution in [0.25, 0.3) is 0 Å². The molecule has 2 rings (SSSR count). The van der Waals surface area contributed by atoms with E-state index in [1.807, 2.05) is 26.8 Å². The zero-order chi connectivity index (χ0) is 16.9. The molecule has 0 aromatic heterocycles. The molecule has 23 heavy (non-hydrogen) atoms. The summed E-state index contributed by atoms with van der Waals surface area (Å²) in [6.45, 7) is 11.8. The first kappa shape index (κ1) is 17.5. The van der Waals surface area contributed by atoms with Crippen LogP contribution in [0.3, 0.4) is 0 Å². The van der Waals surface area contributed by atoms with Gasteiger partial charge in [0.05, 0.1) is 5.69 Å². The number of para-hydroxylation sites is 1. The molecule has 1 N–H and O–H groups in total. The van der Waals surface area contributed by atoms with Crippen molar-refractivity contribution in [2.45, 2.75) is 52.2 Å². The highest BCUT2D eigenvalue weighted by Gasteiger charge is 2.28. The Balaban J connectivity index is 2.20. The number of hydrogen-bond donors (Lipinski definition) is 1. The van der Waals surface area contributed by atoms with Gasteiger partial charge in [0.1, 0.15) is 5.60 Å². The minimum absolute atomic E-state index is 0.253. The number of amides is 1. The molecule has 0 atom stereocenters. The fourth-order valence-corrected chi connectivity index (χ4v) is 2.80. The van der Waals surface area contributed by atoms with Crippen molar-refractivity contribution < 1.29 is 9.53 Å². The zero-order valence-corrected chi connectivity index (χ0v) is 14.5. The topological polar surface area (TPSA) is 41.6 Å². The highest BCUT2D eigenvalue weighted by atomic mass is 16.6. The van der Waals surface area contributed by atoms with Crippen molar-refractivity contribution in [3.63, 3.8) is 0 Å². The average Bonchev–Trinajstić information content (AvgIpc) is 2.49. The van der Waals surface area contributed by atoms with E-state index in [1.54, 1.807) is 4.90 Å². The summed E-state index contributed by atoms with van der Waals surface area (Å²) in [5.41, 5.74) is 2.92. The molecule has 0 bridgehead atoms. The molecule has 0 spiro atoms. The van der Waals surface area contributed by atoms with Crippen molar-refractivity contribution in [2.75, 3.05) is 18.0 Å². The van der Waals surface area contributed by atoms with Crippen LogP contribution in [-0.4, -0.2) is 24.8 Å². The van der Waals surface area contributed by atoms with E-state index in [0.29, 0.717) is 6.54 Å². The Morgan fingerprint density at radius 1 is 1.43 bits per heavy atom. The van der Waals surface area contributed by atoms with Crippen molar-refractivity contribution in [1.82, 2.24) is 5.32 Å². The van der Waals surface area contributed by atoms with E-state index >= 15 is 0 Å². The van der Waals surface area contributed by atoms with Crippen LogP contribution in [-0.2, 0) is 17.7 Å². The number of ether oxygens (including phenoxy) is 1. The number of benzene rings is 1. The van der Waals surface area contributed by atoms with E-state index < -0.39 is 5.60 Å². The summed E-state index contributed by atoms with van der Waals surface area (Å²) in [6.07, 6.45) is 4.57. The van der Waals surface area contributed by atoms with E-state index in [1.165, 1.54) is 5.56 Å². The third kappa shape index (κ3) is 4.83. The molecule has 0 radical (unpaired) electrons. The largest absolute Gasteiger partial charge is 0.443 e. The van der Waals surface area contributed by atoms with E-state index in [4.69, 9.17) is 4.74 Å². The summed E-state index contributed by atoms with van der Waals surface area (Å²) in [4.78, 5) is 14.4. The van der Waals surface area contributed by atoms with Crippen LogP contribution in [0.4, 0.5) is 10.5 Å². The van der Waals surface area contributed by atoms with Gasteiger partial charge in [-0.1, -0.05) is 24.3 Å². The van der Waals surface area contributed by atoms with Crippen LogP contribution in [0.2, 0.25) is 0 Å². The van der Waals surface area contributed by atoms with Crippen LogP contribution < -0.4 is 10.2 Å². The number of carbonyl (C=O) groups is 1. The minimum Gasteiger partial charge on any atom is -0.443 e. The molecule has 0 unspecified atom stereocenters. The second kappa shape index (κ2) is 7.64. The molecule has 1 heterocycles. The minimum atomic E-state index is -0.480. The second-order valence-electron chi connectivity index (χ2n) is 6.91. The lowest BCUT2D eigenvalue weighted by atomic mass is 9.98. The Labute approximate surface area is 139 Å². The highest BCUT2D eigenvalue weighted by Crippen LogP contribution is 2.32. The predicted molar refractivity (Wildman–Crippen MR) is 94.9 cm³/mol. The normalized spacial score (nSPS) is 14.3. The lowest BCUT2D eigenvalue weighted by molar-refractivity contribution is 0.0577. The Morgan fingerprint density at radius 3 is 2.91 bits per heavy atom. The van der Waals surface area contributed by atoms with Gasteiger partial charge in [-0.2, -0.15) is 0 Å². The van der Waals surface area contributed by atoms with Gasteiger partial charge in [0.15, 0.2) is 0 Å². The first-order valence-electron chi connectivity index (χ1n) is 8.35. The number of fused-ring (bicyclic) bond motifs is 1. The van der Waals surface area contributed by atoms with Crippen molar-refractivity contribution in [3.8, 4) is 0 Å². The lowest BCUT2D eigenvalue weighted by Crippen LogP contribution is -2.40. The number of nitrogens with zero attached hydrogens (tertiary/aromatic N) is 1.